The summed E-state index contributed by atoms with van der Waals surface area (Å²) in [6.07, 6.45) is 0.257. The molecule has 0 spiro atoms. The van der Waals surface area contributed by atoms with Crippen molar-refractivity contribution in [3.05, 3.63) is 24.3 Å². The van der Waals surface area contributed by atoms with Crippen LogP contribution in [0.1, 0.15) is 20.3 Å². The molecule has 1 aromatic carbocycles. The fourth-order valence-electron chi connectivity index (χ4n) is 1.99. The van der Waals surface area contributed by atoms with E-state index in [2.05, 4.69) is 5.32 Å². The number of carbonyl (C=O) groups excluding carboxylic acids is 2. The quantitative estimate of drug-likeness (QED) is 0.366. The van der Waals surface area contributed by atoms with E-state index in [9.17, 15) is 9.59 Å². The molecule has 1 amide bonds. The molecule has 8 nitrogen and oxygen atoms in total. The Morgan fingerprint density at radius 3 is 1.96 bits per heavy atom. The highest BCUT2D eigenvalue weighted by atomic mass is 16.6. The summed E-state index contributed by atoms with van der Waals surface area (Å²) in [5.74, 6) is 0.351. The van der Waals surface area contributed by atoms with Crippen molar-refractivity contribution in [3.8, 4) is 5.75 Å². The average molecular weight is 383 g/mol. The number of amides is 1. The SMILES string of the molecule is CCOC(=O)CCOCCOCCOCCOc1ccc(NC(C)=O)cc1. The maximum Gasteiger partial charge on any atom is 0.308 e. The zero-order valence-corrected chi connectivity index (χ0v) is 16.0. The van der Waals surface area contributed by atoms with Crippen molar-refractivity contribution in [2.45, 2.75) is 20.3 Å². The van der Waals surface area contributed by atoms with Crippen LogP contribution in [0.3, 0.4) is 0 Å². The lowest BCUT2D eigenvalue weighted by Gasteiger charge is -2.09. The molecule has 0 saturated heterocycles. The van der Waals surface area contributed by atoms with Gasteiger partial charge in [-0.25, -0.2) is 0 Å². The van der Waals surface area contributed by atoms with Gasteiger partial charge in [-0.3, -0.25) is 9.59 Å². The van der Waals surface area contributed by atoms with Crippen molar-refractivity contribution in [1.29, 1.82) is 0 Å². The van der Waals surface area contributed by atoms with Crippen molar-refractivity contribution in [2.24, 2.45) is 0 Å². The van der Waals surface area contributed by atoms with E-state index in [-0.39, 0.29) is 18.3 Å². The van der Waals surface area contributed by atoms with Crippen LogP contribution in [-0.2, 0) is 28.5 Å². The molecule has 1 rings (SSSR count). The number of benzene rings is 1. The Labute approximate surface area is 160 Å². The molecule has 0 aliphatic heterocycles. The van der Waals surface area contributed by atoms with Crippen LogP contribution in [0.25, 0.3) is 0 Å². The van der Waals surface area contributed by atoms with Gasteiger partial charge in [0.2, 0.25) is 5.91 Å². The highest BCUT2D eigenvalue weighted by molar-refractivity contribution is 5.88. The Morgan fingerprint density at radius 1 is 0.852 bits per heavy atom. The topological polar surface area (TPSA) is 92.3 Å². The number of ether oxygens (including phenoxy) is 5. The molecule has 1 N–H and O–H groups in total. The van der Waals surface area contributed by atoms with Crippen molar-refractivity contribution in [3.63, 3.8) is 0 Å². The third kappa shape index (κ3) is 12.8. The summed E-state index contributed by atoms with van der Waals surface area (Å²) >= 11 is 0. The van der Waals surface area contributed by atoms with Crippen LogP contribution >= 0.6 is 0 Å². The molecule has 27 heavy (non-hydrogen) atoms. The largest absolute Gasteiger partial charge is 0.491 e. The van der Waals surface area contributed by atoms with E-state index in [1.807, 2.05) is 0 Å². The number of anilines is 1. The summed E-state index contributed by atoms with van der Waals surface area (Å²) in [6, 6.07) is 7.13. The van der Waals surface area contributed by atoms with Gasteiger partial charge in [-0.1, -0.05) is 0 Å². The van der Waals surface area contributed by atoms with E-state index in [1.54, 1.807) is 31.2 Å². The maximum absolute atomic E-state index is 11.1. The van der Waals surface area contributed by atoms with Gasteiger partial charge in [0, 0.05) is 12.6 Å². The Hall–Kier alpha value is -2.16. The molecule has 0 fully saturated rings. The van der Waals surface area contributed by atoms with E-state index < -0.39 is 0 Å². The molecule has 0 aliphatic rings. The fraction of sp³-hybridized carbons (Fsp3) is 0.579. The van der Waals surface area contributed by atoms with Gasteiger partial charge >= 0.3 is 5.97 Å². The van der Waals surface area contributed by atoms with E-state index in [0.29, 0.717) is 58.6 Å². The molecule has 152 valence electrons. The summed E-state index contributed by atoms with van der Waals surface area (Å²) in [7, 11) is 0. The molecule has 0 saturated carbocycles. The van der Waals surface area contributed by atoms with Gasteiger partial charge in [0.05, 0.1) is 52.7 Å². The van der Waals surface area contributed by atoms with Crippen LogP contribution in [0.5, 0.6) is 5.75 Å². The highest BCUT2D eigenvalue weighted by Crippen LogP contribution is 2.15. The average Bonchev–Trinajstić information content (AvgIpc) is 2.63. The minimum absolute atomic E-state index is 0.109. The van der Waals surface area contributed by atoms with Gasteiger partial charge in [-0.05, 0) is 31.2 Å². The lowest BCUT2D eigenvalue weighted by atomic mass is 10.3. The van der Waals surface area contributed by atoms with Gasteiger partial charge in [-0.15, -0.1) is 0 Å². The Bertz CT molecular complexity index is 533. The fourth-order valence-corrected chi connectivity index (χ4v) is 1.99. The van der Waals surface area contributed by atoms with Crippen molar-refractivity contribution in [2.75, 3.05) is 58.2 Å². The predicted molar refractivity (Wildman–Crippen MR) is 99.9 cm³/mol. The van der Waals surface area contributed by atoms with E-state index in [0.717, 1.165) is 5.69 Å². The molecule has 0 aromatic heterocycles. The second-order valence-electron chi connectivity index (χ2n) is 5.45. The van der Waals surface area contributed by atoms with Gasteiger partial charge in [0.15, 0.2) is 0 Å². The second-order valence-corrected chi connectivity index (χ2v) is 5.45. The normalized spacial score (nSPS) is 10.4. The first kappa shape index (κ1) is 22.9. The number of carbonyl (C=O) groups is 2. The van der Waals surface area contributed by atoms with Crippen molar-refractivity contribution in [1.82, 2.24) is 0 Å². The van der Waals surface area contributed by atoms with Gasteiger partial charge in [0.25, 0.3) is 0 Å². The van der Waals surface area contributed by atoms with Crippen LogP contribution < -0.4 is 10.1 Å². The van der Waals surface area contributed by atoms with Crippen molar-refractivity contribution >= 4 is 17.6 Å². The highest BCUT2D eigenvalue weighted by Gasteiger charge is 2.01. The maximum atomic E-state index is 11.1. The Kier molecular flexibility index (Phi) is 12.7. The van der Waals surface area contributed by atoms with E-state index in [4.69, 9.17) is 23.7 Å². The predicted octanol–water partition coefficient (Wildman–Crippen LogP) is 2.03. The van der Waals surface area contributed by atoms with Gasteiger partial charge in [0.1, 0.15) is 12.4 Å². The number of hydrogen-bond acceptors (Lipinski definition) is 7. The van der Waals surface area contributed by atoms with Crippen LogP contribution in [0, 0.1) is 0 Å². The molecule has 0 unspecified atom stereocenters. The van der Waals surface area contributed by atoms with Crippen LogP contribution in [0.4, 0.5) is 5.69 Å². The van der Waals surface area contributed by atoms with Crippen LogP contribution in [0.2, 0.25) is 0 Å². The Morgan fingerprint density at radius 2 is 1.41 bits per heavy atom. The minimum Gasteiger partial charge on any atom is -0.491 e. The summed E-state index contributed by atoms with van der Waals surface area (Å²) in [5, 5.41) is 2.69. The Balaban J connectivity index is 1.89. The summed E-state index contributed by atoms with van der Waals surface area (Å²) in [6.45, 7) is 6.64. The molecule has 0 aliphatic carbocycles. The molecule has 0 bridgehead atoms. The molecule has 1 aromatic rings. The smallest absolute Gasteiger partial charge is 0.308 e. The summed E-state index contributed by atoms with van der Waals surface area (Å²) < 4.78 is 26.4. The number of hydrogen-bond donors (Lipinski definition) is 1. The lowest BCUT2D eigenvalue weighted by Crippen LogP contribution is -2.14. The molecular formula is C19H29NO7. The second kappa shape index (κ2) is 15.0. The van der Waals surface area contributed by atoms with Crippen molar-refractivity contribution < 1.29 is 33.3 Å². The standard InChI is InChI=1S/C19H29NO7/c1-3-26-19(22)8-9-23-10-11-24-12-13-25-14-15-27-18-6-4-17(5-7-18)20-16(2)21/h4-7H,3,8-15H2,1-2H3,(H,20,21). The minimum atomic E-state index is -0.252. The first-order chi connectivity index (χ1) is 13.1. The summed E-state index contributed by atoms with van der Waals surface area (Å²) in [4.78, 5) is 22.0. The first-order valence-electron chi connectivity index (χ1n) is 9.01. The lowest BCUT2D eigenvalue weighted by molar-refractivity contribution is -0.144. The first-order valence-corrected chi connectivity index (χ1v) is 9.01. The number of rotatable bonds is 15. The number of esters is 1. The van der Waals surface area contributed by atoms with Crippen LogP contribution in [-0.4, -0.2) is 64.7 Å². The van der Waals surface area contributed by atoms with Gasteiger partial charge in [-0.2, -0.15) is 0 Å². The third-order valence-electron chi connectivity index (χ3n) is 3.17. The molecule has 0 atom stereocenters. The monoisotopic (exact) mass is 383 g/mol. The third-order valence-corrected chi connectivity index (χ3v) is 3.17. The van der Waals surface area contributed by atoms with E-state index in [1.165, 1.54) is 6.92 Å². The number of nitrogens with one attached hydrogen (secondary N) is 1. The van der Waals surface area contributed by atoms with Gasteiger partial charge < -0.3 is 29.0 Å². The molecule has 0 heterocycles. The van der Waals surface area contributed by atoms with Crippen LogP contribution in [0.15, 0.2) is 24.3 Å². The summed E-state index contributed by atoms with van der Waals surface area (Å²) in [5.41, 5.74) is 0.730. The van der Waals surface area contributed by atoms with E-state index >= 15 is 0 Å². The zero-order chi connectivity index (χ0) is 19.7. The molecule has 8 heteroatoms. The molecular weight excluding hydrogens is 354 g/mol. The zero-order valence-electron chi connectivity index (χ0n) is 16.0. The molecule has 0 radical (unpaired) electrons.